The molecule has 2 aromatic rings. The highest BCUT2D eigenvalue weighted by Gasteiger charge is 2.13. The van der Waals surface area contributed by atoms with Gasteiger partial charge in [0, 0.05) is 16.8 Å². The van der Waals surface area contributed by atoms with Gasteiger partial charge in [0.05, 0.1) is 10.5 Å². The van der Waals surface area contributed by atoms with E-state index in [0.29, 0.717) is 5.03 Å². The average Bonchev–Trinajstić information content (AvgIpc) is 2.38. The van der Waals surface area contributed by atoms with Gasteiger partial charge in [-0.3, -0.25) is 0 Å². The Morgan fingerprint density at radius 3 is 2.29 bits per heavy atom. The molecular formula is C14H13NO4S2. The molecular weight excluding hydrogens is 310 g/mol. The zero-order valence-corrected chi connectivity index (χ0v) is 13.0. The van der Waals surface area contributed by atoms with Crippen LogP contribution in [0.25, 0.3) is 0 Å². The van der Waals surface area contributed by atoms with Crippen molar-refractivity contribution in [3.05, 3.63) is 47.7 Å². The molecule has 7 heteroatoms. The molecule has 0 aliphatic rings. The van der Waals surface area contributed by atoms with E-state index >= 15 is 0 Å². The van der Waals surface area contributed by atoms with Gasteiger partial charge >= 0.3 is 5.97 Å². The summed E-state index contributed by atoms with van der Waals surface area (Å²) in [5.74, 6) is -1.04. The number of aryl methyl sites for hydroxylation is 1. The maximum atomic E-state index is 11.4. The number of pyridine rings is 1. The van der Waals surface area contributed by atoms with Gasteiger partial charge in [-0.1, -0.05) is 11.8 Å². The fourth-order valence-electron chi connectivity index (χ4n) is 1.64. The van der Waals surface area contributed by atoms with E-state index in [2.05, 4.69) is 4.98 Å². The predicted molar refractivity (Wildman–Crippen MR) is 79.6 cm³/mol. The largest absolute Gasteiger partial charge is 0.478 e. The summed E-state index contributed by atoms with van der Waals surface area (Å²) in [5, 5.41) is 9.54. The van der Waals surface area contributed by atoms with Crippen molar-refractivity contribution >= 4 is 27.6 Å². The molecule has 1 heterocycles. The number of carboxylic acid groups (broad SMARTS) is 1. The van der Waals surface area contributed by atoms with Gasteiger partial charge in [-0.2, -0.15) is 0 Å². The lowest BCUT2D eigenvalue weighted by molar-refractivity contribution is 0.0692. The predicted octanol–water partition coefficient (Wildman–Crippen LogP) is 2.64. The van der Waals surface area contributed by atoms with Crippen LogP contribution in [0.3, 0.4) is 0 Å². The number of rotatable bonds is 4. The van der Waals surface area contributed by atoms with E-state index in [1.54, 1.807) is 25.1 Å². The quantitative estimate of drug-likeness (QED) is 0.931. The van der Waals surface area contributed by atoms with Crippen LogP contribution in [0.4, 0.5) is 0 Å². The van der Waals surface area contributed by atoms with Gasteiger partial charge in [-0.05, 0) is 43.3 Å². The first kappa shape index (κ1) is 15.5. The minimum Gasteiger partial charge on any atom is -0.478 e. The normalized spacial score (nSPS) is 11.3. The maximum absolute atomic E-state index is 11.4. The number of sulfone groups is 1. The Morgan fingerprint density at radius 1 is 1.14 bits per heavy atom. The molecule has 1 N–H and O–H groups in total. The van der Waals surface area contributed by atoms with Crippen LogP contribution in [0.15, 0.2) is 51.2 Å². The van der Waals surface area contributed by atoms with Crippen molar-refractivity contribution in [2.24, 2.45) is 0 Å². The number of aromatic nitrogens is 1. The number of carboxylic acids is 1. The summed E-state index contributed by atoms with van der Waals surface area (Å²) in [6.07, 6.45) is 1.14. The van der Waals surface area contributed by atoms with Gasteiger partial charge < -0.3 is 5.11 Å². The van der Waals surface area contributed by atoms with Crippen molar-refractivity contribution in [3.8, 4) is 0 Å². The van der Waals surface area contributed by atoms with Gasteiger partial charge in [0.2, 0.25) is 0 Å². The highest BCUT2D eigenvalue weighted by atomic mass is 32.2. The monoisotopic (exact) mass is 323 g/mol. The molecule has 0 unspecified atom stereocenters. The maximum Gasteiger partial charge on any atom is 0.338 e. The Bertz CT molecular complexity index is 783. The molecule has 0 atom stereocenters. The highest BCUT2D eigenvalue weighted by Crippen LogP contribution is 2.29. The van der Waals surface area contributed by atoms with Crippen LogP contribution in [0.5, 0.6) is 0 Å². The number of benzene rings is 1. The van der Waals surface area contributed by atoms with Gasteiger partial charge in [-0.25, -0.2) is 18.2 Å². The van der Waals surface area contributed by atoms with Crippen LogP contribution in [0.1, 0.15) is 16.1 Å². The van der Waals surface area contributed by atoms with E-state index in [0.717, 1.165) is 16.8 Å². The second kappa shape index (κ2) is 5.87. The molecule has 0 saturated carbocycles. The Kier molecular flexibility index (Phi) is 4.34. The van der Waals surface area contributed by atoms with E-state index < -0.39 is 15.8 Å². The molecule has 2 rings (SSSR count). The smallest absolute Gasteiger partial charge is 0.338 e. The van der Waals surface area contributed by atoms with Crippen LogP contribution in [-0.4, -0.2) is 30.7 Å². The third-order valence-corrected chi connectivity index (χ3v) is 4.84. The summed E-state index contributed by atoms with van der Waals surface area (Å²) in [6.45, 7) is 1.78. The van der Waals surface area contributed by atoms with E-state index in [1.165, 1.54) is 30.0 Å². The first-order valence-electron chi connectivity index (χ1n) is 5.96. The van der Waals surface area contributed by atoms with Crippen molar-refractivity contribution in [3.63, 3.8) is 0 Å². The lowest BCUT2D eigenvalue weighted by Gasteiger charge is -2.06. The number of carbonyl (C=O) groups is 1. The van der Waals surface area contributed by atoms with Gasteiger partial charge in [0.1, 0.15) is 5.03 Å². The zero-order valence-electron chi connectivity index (χ0n) is 11.4. The van der Waals surface area contributed by atoms with E-state index in [1.807, 2.05) is 0 Å². The lowest BCUT2D eigenvalue weighted by atomic mass is 10.2. The molecule has 1 aromatic carbocycles. The topological polar surface area (TPSA) is 84.3 Å². The fraction of sp³-hybridized carbons (Fsp3) is 0.143. The molecule has 0 radical (unpaired) electrons. The van der Waals surface area contributed by atoms with Crippen molar-refractivity contribution in [2.45, 2.75) is 21.7 Å². The van der Waals surface area contributed by atoms with Gasteiger partial charge in [0.25, 0.3) is 0 Å². The van der Waals surface area contributed by atoms with Crippen LogP contribution in [0, 0.1) is 6.92 Å². The first-order chi connectivity index (χ1) is 9.77. The number of aromatic carboxylic acids is 1. The summed E-state index contributed by atoms with van der Waals surface area (Å²) >= 11 is 1.19. The molecule has 0 aliphatic carbocycles. The molecule has 0 bridgehead atoms. The van der Waals surface area contributed by atoms with Gasteiger partial charge in [-0.15, -0.1) is 0 Å². The van der Waals surface area contributed by atoms with Gasteiger partial charge in [0.15, 0.2) is 9.84 Å². The minimum absolute atomic E-state index is 0.123. The summed E-state index contributed by atoms with van der Waals surface area (Å²) in [4.78, 5) is 16.4. The number of hydrogen-bond acceptors (Lipinski definition) is 5. The van der Waals surface area contributed by atoms with Crippen LogP contribution in [0.2, 0.25) is 0 Å². The van der Waals surface area contributed by atoms with Crippen LogP contribution < -0.4 is 0 Å². The molecule has 0 fully saturated rings. The molecule has 21 heavy (non-hydrogen) atoms. The molecule has 0 spiro atoms. The van der Waals surface area contributed by atoms with Crippen LogP contribution >= 0.6 is 11.8 Å². The first-order valence-corrected chi connectivity index (χ1v) is 8.67. The zero-order chi connectivity index (χ0) is 15.6. The molecule has 0 amide bonds. The fourth-order valence-corrected chi connectivity index (χ4v) is 3.22. The molecule has 0 saturated heterocycles. The molecule has 110 valence electrons. The van der Waals surface area contributed by atoms with E-state index in [4.69, 9.17) is 5.11 Å². The standard InChI is InChI=1S/C14H13NO4S2/c1-9-3-8-12(14(16)17)13(15-9)20-10-4-6-11(7-5-10)21(2,18)19/h3-8H,1-2H3,(H,16,17). The Balaban J connectivity index is 2.34. The highest BCUT2D eigenvalue weighted by molar-refractivity contribution is 7.99. The summed E-state index contributed by atoms with van der Waals surface area (Å²) in [7, 11) is -3.24. The van der Waals surface area contributed by atoms with Crippen molar-refractivity contribution in [1.29, 1.82) is 0 Å². The Morgan fingerprint density at radius 2 is 1.76 bits per heavy atom. The summed E-state index contributed by atoms with van der Waals surface area (Å²) < 4.78 is 22.8. The summed E-state index contributed by atoms with van der Waals surface area (Å²) in [6, 6.07) is 9.41. The van der Waals surface area contributed by atoms with E-state index in [-0.39, 0.29) is 10.5 Å². The molecule has 1 aromatic heterocycles. The molecule has 0 aliphatic heterocycles. The minimum atomic E-state index is -3.24. The van der Waals surface area contributed by atoms with E-state index in [9.17, 15) is 13.2 Å². The SMILES string of the molecule is Cc1ccc(C(=O)O)c(Sc2ccc(S(C)(=O)=O)cc2)n1. The summed E-state index contributed by atoms with van der Waals surface area (Å²) in [5.41, 5.74) is 0.841. The number of nitrogens with zero attached hydrogens (tertiary/aromatic N) is 1. The van der Waals surface area contributed by atoms with Crippen LogP contribution in [-0.2, 0) is 9.84 Å². The molecule has 5 nitrogen and oxygen atoms in total. The van der Waals surface area contributed by atoms with Crippen molar-refractivity contribution in [1.82, 2.24) is 4.98 Å². The average molecular weight is 323 g/mol. The number of hydrogen-bond donors (Lipinski definition) is 1. The second-order valence-electron chi connectivity index (χ2n) is 4.46. The Labute approximate surface area is 127 Å². The third kappa shape index (κ3) is 3.83. The third-order valence-electron chi connectivity index (χ3n) is 2.70. The lowest BCUT2D eigenvalue weighted by Crippen LogP contribution is -2.01. The Hall–Kier alpha value is -1.86. The van der Waals surface area contributed by atoms with Crippen molar-refractivity contribution < 1.29 is 18.3 Å². The van der Waals surface area contributed by atoms with Crippen molar-refractivity contribution in [2.75, 3.05) is 6.26 Å². The second-order valence-corrected chi connectivity index (χ2v) is 7.53.